The minimum Gasteiger partial charge on any atom is -0.465 e. The quantitative estimate of drug-likeness (QED) is 0.811. The molecule has 4 nitrogen and oxygen atoms in total. The van der Waals surface area contributed by atoms with Gasteiger partial charge in [-0.3, -0.25) is 0 Å². The Kier molecular flexibility index (Phi) is 4.24. The van der Waals surface area contributed by atoms with Crippen LogP contribution in [-0.2, 0) is 4.74 Å². The third kappa shape index (κ3) is 3.40. The molecule has 0 bridgehead atoms. The summed E-state index contributed by atoms with van der Waals surface area (Å²) in [6.45, 7) is 3.09. The summed E-state index contributed by atoms with van der Waals surface area (Å²) in [5.41, 5.74) is -1.66. The van der Waals surface area contributed by atoms with Gasteiger partial charge in [-0.2, -0.15) is 0 Å². The summed E-state index contributed by atoms with van der Waals surface area (Å²) >= 11 is 0. The molecule has 0 aliphatic heterocycles. The van der Waals surface area contributed by atoms with Gasteiger partial charge in [-0.25, -0.2) is 13.6 Å². The summed E-state index contributed by atoms with van der Waals surface area (Å²) in [7, 11) is 1.08. The van der Waals surface area contributed by atoms with Gasteiger partial charge in [0, 0.05) is 6.54 Å². The van der Waals surface area contributed by atoms with Crippen molar-refractivity contribution in [3.63, 3.8) is 0 Å². The first-order valence-electron chi connectivity index (χ1n) is 5.29. The topological polar surface area (TPSA) is 58.6 Å². The van der Waals surface area contributed by atoms with E-state index >= 15 is 0 Å². The van der Waals surface area contributed by atoms with Crippen molar-refractivity contribution >= 4 is 11.7 Å². The number of nitrogens with one attached hydrogen (secondary N) is 1. The minimum absolute atomic E-state index is 0.0426. The monoisotopic (exact) mass is 259 g/mol. The fraction of sp³-hybridized carbons (Fsp3) is 0.417. The summed E-state index contributed by atoms with van der Waals surface area (Å²) in [6.07, 6.45) is 0. The van der Waals surface area contributed by atoms with Crippen LogP contribution in [0.4, 0.5) is 14.5 Å². The van der Waals surface area contributed by atoms with E-state index in [1.165, 1.54) is 19.9 Å². The van der Waals surface area contributed by atoms with Gasteiger partial charge in [-0.15, -0.1) is 0 Å². The van der Waals surface area contributed by atoms with Crippen LogP contribution in [0.2, 0.25) is 0 Å². The Morgan fingerprint density at radius 2 is 2.00 bits per heavy atom. The molecule has 0 saturated carbocycles. The molecule has 100 valence electrons. The number of methoxy groups -OCH3 is 1. The molecule has 0 spiro atoms. The molecule has 0 aliphatic carbocycles. The predicted octanol–water partition coefficient (Wildman–Crippen LogP) is 1.93. The van der Waals surface area contributed by atoms with Crippen LogP contribution in [-0.4, -0.2) is 30.3 Å². The van der Waals surface area contributed by atoms with Crippen molar-refractivity contribution in [3.8, 4) is 0 Å². The Balaban J connectivity index is 2.98. The van der Waals surface area contributed by atoms with Crippen molar-refractivity contribution in [2.75, 3.05) is 19.0 Å². The fourth-order valence-corrected chi connectivity index (χ4v) is 1.27. The van der Waals surface area contributed by atoms with Gasteiger partial charge in [0.1, 0.15) is 0 Å². The number of aliphatic hydroxyl groups is 1. The zero-order chi connectivity index (χ0) is 13.9. The number of rotatable bonds is 4. The van der Waals surface area contributed by atoms with Crippen molar-refractivity contribution < 1.29 is 23.4 Å². The largest absolute Gasteiger partial charge is 0.465 e. The van der Waals surface area contributed by atoms with Crippen LogP contribution in [0.1, 0.15) is 24.2 Å². The molecular weight excluding hydrogens is 244 g/mol. The zero-order valence-corrected chi connectivity index (χ0v) is 10.4. The van der Waals surface area contributed by atoms with E-state index in [1.807, 2.05) is 0 Å². The third-order valence-corrected chi connectivity index (χ3v) is 2.20. The second-order valence-corrected chi connectivity index (χ2v) is 4.45. The van der Waals surface area contributed by atoms with Crippen LogP contribution in [0.15, 0.2) is 12.1 Å². The van der Waals surface area contributed by atoms with Crippen LogP contribution in [0.5, 0.6) is 0 Å². The molecule has 0 atom stereocenters. The maximum Gasteiger partial charge on any atom is 0.340 e. The second kappa shape index (κ2) is 5.30. The third-order valence-electron chi connectivity index (χ3n) is 2.20. The average molecular weight is 259 g/mol. The van der Waals surface area contributed by atoms with E-state index in [9.17, 15) is 18.7 Å². The number of hydrogen-bond donors (Lipinski definition) is 2. The highest BCUT2D eigenvalue weighted by Crippen LogP contribution is 2.21. The summed E-state index contributed by atoms with van der Waals surface area (Å²) in [5.74, 6) is -3.40. The van der Waals surface area contributed by atoms with E-state index < -0.39 is 28.8 Å². The predicted molar refractivity (Wildman–Crippen MR) is 62.5 cm³/mol. The summed E-state index contributed by atoms with van der Waals surface area (Å²) in [4.78, 5) is 11.1. The van der Waals surface area contributed by atoms with Crippen LogP contribution < -0.4 is 5.32 Å². The van der Waals surface area contributed by atoms with Gasteiger partial charge in [-0.05, 0) is 26.0 Å². The number of halogens is 2. The SMILES string of the molecule is COC(=O)c1ccc(NCC(C)(C)O)c(F)c1F. The average Bonchev–Trinajstić information content (AvgIpc) is 2.29. The Bertz CT molecular complexity index is 455. The van der Waals surface area contributed by atoms with Crippen LogP contribution in [0.25, 0.3) is 0 Å². The molecular formula is C12H15F2NO3. The zero-order valence-electron chi connectivity index (χ0n) is 10.4. The Hall–Kier alpha value is -1.69. The van der Waals surface area contributed by atoms with Crippen LogP contribution in [0.3, 0.4) is 0 Å². The van der Waals surface area contributed by atoms with Crippen molar-refractivity contribution in [1.82, 2.24) is 0 Å². The Morgan fingerprint density at radius 1 is 1.39 bits per heavy atom. The van der Waals surface area contributed by atoms with E-state index in [-0.39, 0.29) is 12.2 Å². The lowest BCUT2D eigenvalue weighted by molar-refractivity contribution is 0.0594. The Labute approximate surface area is 104 Å². The molecule has 0 heterocycles. The van der Waals surface area contributed by atoms with E-state index in [4.69, 9.17) is 0 Å². The fourth-order valence-electron chi connectivity index (χ4n) is 1.27. The van der Waals surface area contributed by atoms with Gasteiger partial charge in [0.2, 0.25) is 0 Å². The normalized spacial score (nSPS) is 11.2. The number of ether oxygens (including phenoxy) is 1. The first-order valence-corrected chi connectivity index (χ1v) is 5.29. The molecule has 0 aromatic heterocycles. The summed E-state index contributed by atoms with van der Waals surface area (Å²) in [5, 5.41) is 12.0. The molecule has 6 heteroatoms. The lowest BCUT2D eigenvalue weighted by atomic mass is 10.1. The standard InChI is InChI=1S/C12H15F2NO3/c1-12(2,17)6-15-8-5-4-7(11(16)18-3)9(13)10(8)14/h4-5,15,17H,6H2,1-3H3. The number of anilines is 1. The van der Waals surface area contributed by atoms with Crippen molar-refractivity contribution in [2.24, 2.45) is 0 Å². The van der Waals surface area contributed by atoms with Crippen molar-refractivity contribution in [1.29, 1.82) is 0 Å². The first kappa shape index (κ1) is 14.4. The molecule has 1 aromatic carbocycles. The summed E-state index contributed by atoms with van der Waals surface area (Å²) in [6, 6.07) is 2.34. The molecule has 18 heavy (non-hydrogen) atoms. The molecule has 0 radical (unpaired) electrons. The maximum atomic E-state index is 13.6. The lowest BCUT2D eigenvalue weighted by Crippen LogP contribution is -2.29. The van der Waals surface area contributed by atoms with Crippen LogP contribution >= 0.6 is 0 Å². The van der Waals surface area contributed by atoms with E-state index in [1.54, 1.807) is 0 Å². The smallest absolute Gasteiger partial charge is 0.340 e. The number of benzene rings is 1. The van der Waals surface area contributed by atoms with Gasteiger partial charge < -0.3 is 15.2 Å². The van der Waals surface area contributed by atoms with E-state index in [2.05, 4.69) is 10.1 Å². The van der Waals surface area contributed by atoms with Gasteiger partial charge in [-0.1, -0.05) is 0 Å². The molecule has 0 aliphatic rings. The molecule has 0 saturated heterocycles. The van der Waals surface area contributed by atoms with Gasteiger partial charge in [0.15, 0.2) is 11.6 Å². The highest BCUT2D eigenvalue weighted by atomic mass is 19.2. The number of hydrogen-bond acceptors (Lipinski definition) is 4. The molecule has 1 aromatic rings. The molecule has 2 N–H and O–H groups in total. The maximum absolute atomic E-state index is 13.6. The highest BCUT2D eigenvalue weighted by Gasteiger charge is 2.20. The number of carbonyl (C=O) groups is 1. The van der Waals surface area contributed by atoms with Crippen molar-refractivity contribution in [2.45, 2.75) is 19.4 Å². The van der Waals surface area contributed by atoms with Gasteiger partial charge in [0.05, 0.1) is 24.0 Å². The molecule has 0 amide bonds. The van der Waals surface area contributed by atoms with Gasteiger partial charge in [0.25, 0.3) is 0 Å². The number of esters is 1. The van der Waals surface area contributed by atoms with E-state index in [0.29, 0.717) is 0 Å². The lowest BCUT2D eigenvalue weighted by Gasteiger charge is -2.19. The first-order chi connectivity index (χ1) is 8.26. The molecule has 0 unspecified atom stereocenters. The molecule has 0 fully saturated rings. The highest BCUT2D eigenvalue weighted by molar-refractivity contribution is 5.90. The van der Waals surface area contributed by atoms with Crippen molar-refractivity contribution in [3.05, 3.63) is 29.3 Å². The second-order valence-electron chi connectivity index (χ2n) is 4.45. The Morgan fingerprint density at radius 3 is 2.50 bits per heavy atom. The number of carbonyl (C=O) groups excluding carboxylic acids is 1. The van der Waals surface area contributed by atoms with E-state index in [0.717, 1.165) is 13.2 Å². The summed E-state index contributed by atoms with van der Waals surface area (Å²) < 4.78 is 31.5. The van der Waals surface area contributed by atoms with Gasteiger partial charge >= 0.3 is 5.97 Å². The molecule has 1 rings (SSSR count). The minimum atomic E-state index is -1.28. The van der Waals surface area contributed by atoms with Crippen LogP contribution in [0, 0.1) is 11.6 Å².